The minimum absolute atomic E-state index is 0.105. The molecule has 0 fully saturated rings. The molecule has 0 radical (unpaired) electrons. The Hall–Kier alpha value is -8.06. The molecule has 0 aromatic heterocycles. The van der Waals surface area contributed by atoms with E-state index in [2.05, 4.69) is 10.6 Å². The zero-order valence-electron chi connectivity index (χ0n) is 28.6. The van der Waals surface area contributed by atoms with Crippen molar-refractivity contribution in [2.75, 3.05) is 31.9 Å². The molecule has 2 aliphatic rings. The van der Waals surface area contributed by atoms with E-state index in [1.54, 1.807) is 97.1 Å². The summed E-state index contributed by atoms with van der Waals surface area (Å²) in [6, 6.07) is 34.5. The van der Waals surface area contributed by atoms with Crippen LogP contribution in [0.15, 0.2) is 133 Å². The lowest BCUT2D eigenvalue weighted by Crippen LogP contribution is -2.29. The average Bonchev–Trinajstić information content (AvgIpc) is 3.60. The van der Waals surface area contributed by atoms with Crippen molar-refractivity contribution in [3.8, 4) is 11.5 Å². The Labute approximate surface area is 312 Å². The number of nitrogens with two attached hydrogens (primary N) is 2. The normalized spacial score (nSPS) is 13.1. The summed E-state index contributed by atoms with van der Waals surface area (Å²) in [5.41, 5.74) is 15.2. The molecule has 0 saturated heterocycles. The van der Waals surface area contributed by atoms with E-state index < -0.39 is 35.4 Å². The van der Waals surface area contributed by atoms with Crippen LogP contribution in [0.1, 0.15) is 62.1 Å². The molecule has 0 saturated carbocycles. The third-order valence-corrected chi connectivity index (χ3v) is 9.06. The number of carbonyl (C=O) groups is 6. The molecule has 6 aromatic carbocycles. The minimum Gasteiger partial charge on any atom is -0.457 e. The standard InChI is InChI=1S/C42H28N6O7/c43-25-3-7-27(8-4-25)45-37(49)23-1-19-33-35(21-23)41(53)47(39(33)51)29-11-15-31(16-12-29)55-32-17-13-30(14-18-32)48-40(52)34-20-2-24(22-36(34)42(48)54)38(50)46-28-9-5-26(44)6-10-28/h1-22H,43-44H2,(H,45,49)(H,46,50). The van der Waals surface area contributed by atoms with Gasteiger partial charge in [0.15, 0.2) is 0 Å². The van der Waals surface area contributed by atoms with E-state index >= 15 is 0 Å². The molecule has 0 spiro atoms. The number of rotatable bonds is 8. The molecule has 6 aromatic rings. The van der Waals surface area contributed by atoms with Crippen LogP contribution in [-0.2, 0) is 0 Å². The van der Waals surface area contributed by atoms with Gasteiger partial charge in [-0.05, 0) is 133 Å². The van der Waals surface area contributed by atoms with Gasteiger partial charge >= 0.3 is 0 Å². The number of carbonyl (C=O) groups excluding carboxylic acids is 6. The van der Waals surface area contributed by atoms with E-state index in [4.69, 9.17) is 16.2 Å². The first kappa shape index (κ1) is 34.0. The van der Waals surface area contributed by atoms with Gasteiger partial charge in [0.25, 0.3) is 35.4 Å². The molecule has 6 N–H and O–H groups in total. The summed E-state index contributed by atoms with van der Waals surface area (Å²) in [5, 5.41) is 5.49. The summed E-state index contributed by atoms with van der Waals surface area (Å²) >= 11 is 0. The summed E-state index contributed by atoms with van der Waals surface area (Å²) in [4.78, 5) is 81.1. The van der Waals surface area contributed by atoms with Crippen LogP contribution in [0.25, 0.3) is 0 Å². The molecule has 8 rings (SSSR count). The van der Waals surface area contributed by atoms with Gasteiger partial charge < -0.3 is 26.8 Å². The Morgan fingerprint density at radius 1 is 0.436 bits per heavy atom. The largest absolute Gasteiger partial charge is 0.457 e. The number of anilines is 6. The summed E-state index contributed by atoms with van der Waals surface area (Å²) in [6.45, 7) is 0. The Bertz CT molecular complexity index is 2410. The zero-order valence-corrected chi connectivity index (χ0v) is 28.6. The van der Waals surface area contributed by atoms with Crippen molar-refractivity contribution in [2.24, 2.45) is 0 Å². The van der Waals surface area contributed by atoms with Crippen molar-refractivity contribution < 1.29 is 33.5 Å². The second-order valence-corrected chi connectivity index (χ2v) is 12.7. The van der Waals surface area contributed by atoms with E-state index in [1.165, 1.54) is 36.4 Å². The Morgan fingerprint density at radius 3 is 1.15 bits per heavy atom. The number of nitrogen functional groups attached to an aromatic ring is 2. The van der Waals surface area contributed by atoms with Crippen molar-refractivity contribution >= 4 is 69.6 Å². The zero-order chi connectivity index (χ0) is 38.4. The number of imide groups is 2. The van der Waals surface area contributed by atoms with Gasteiger partial charge in [0, 0.05) is 33.9 Å². The fourth-order valence-electron chi connectivity index (χ4n) is 6.24. The Balaban J connectivity index is 0.918. The molecule has 13 heteroatoms. The summed E-state index contributed by atoms with van der Waals surface area (Å²) in [6.07, 6.45) is 0. The second kappa shape index (κ2) is 13.5. The fraction of sp³-hybridized carbons (Fsp3) is 0. The van der Waals surface area contributed by atoms with Crippen molar-refractivity contribution in [3.63, 3.8) is 0 Å². The van der Waals surface area contributed by atoms with Gasteiger partial charge in [-0.15, -0.1) is 0 Å². The van der Waals surface area contributed by atoms with Gasteiger partial charge in [-0.3, -0.25) is 28.8 Å². The lowest BCUT2D eigenvalue weighted by molar-refractivity contribution is 0.0910. The molecular weight excluding hydrogens is 700 g/mol. The van der Waals surface area contributed by atoms with Crippen LogP contribution in [0.4, 0.5) is 34.1 Å². The van der Waals surface area contributed by atoms with Gasteiger partial charge in [-0.1, -0.05) is 0 Å². The van der Waals surface area contributed by atoms with Crippen LogP contribution in [0.3, 0.4) is 0 Å². The molecule has 0 unspecified atom stereocenters. The van der Waals surface area contributed by atoms with Crippen LogP contribution in [0.2, 0.25) is 0 Å². The summed E-state index contributed by atoms with van der Waals surface area (Å²) < 4.78 is 5.96. The topological polar surface area (TPSA) is 194 Å². The highest BCUT2D eigenvalue weighted by molar-refractivity contribution is 6.35. The van der Waals surface area contributed by atoms with E-state index in [1.807, 2.05) is 0 Å². The third-order valence-electron chi connectivity index (χ3n) is 9.06. The first-order valence-electron chi connectivity index (χ1n) is 16.8. The van der Waals surface area contributed by atoms with E-state index in [-0.39, 0.29) is 33.4 Å². The SMILES string of the molecule is Nc1ccc(NC(=O)c2ccc3c(c2)C(=O)N(c2ccc(Oc4ccc(N5C(=O)c6ccc(C(=O)Nc7ccc(N)cc7)cc6C5=O)cc4)cc2)C3=O)cc1. The number of hydrogen-bond acceptors (Lipinski definition) is 9. The molecule has 268 valence electrons. The smallest absolute Gasteiger partial charge is 0.266 e. The molecule has 6 amide bonds. The third kappa shape index (κ3) is 6.38. The van der Waals surface area contributed by atoms with E-state index in [0.29, 0.717) is 45.6 Å². The number of ether oxygens (including phenoxy) is 1. The first-order valence-corrected chi connectivity index (χ1v) is 16.8. The molecule has 13 nitrogen and oxygen atoms in total. The highest BCUT2D eigenvalue weighted by Gasteiger charge is 2.38. The molecule has 2 aliphatic heterocycles. The predicted octanol–water partition coefficient (Wildman–Crippen LogP) is 6.75. The van der Waals surface area contributed by atoms with Gasteiger partial charge in [-0.25, -0.2) is 9.80 Å². The van der Waals surface area contributed by atoms with Crippen molar-refractivity contribution in [1.29, 1.82) is 0 Å². The molecule has 55 heavy (non-hydrogen) atoms. The molecule has 0 atom stereocenters. The number of hydrogen-bond donors (Lipinski definition) is 4. The highest BCUT2D eigenvalue weighted by Crippen LogP contribution is 2.34. The Morgan fingerprint density at radius 2 is 0.782 bits per heavy atom. The maximum absolute atomic E-state index is 13.4. The predicted molar refractivity (Wildman–Crippen MR) is 206 cm³/mol. The minimum atomic E-state index is -0.572. The fourth-order valence-corrected chi connectivity index (χ4v) is 6.24. The van der Waals surface area contributed by atoms with Crippen molar-refractivity contribution in [1.82, 2.24) is 0 Å². The van der Waals surface area contributed by atoms with E-state index in [9.17, 15) is 28.8 Å². The van der Waals surface area contributed by atoms with Crippen LogP contribution in [0.5, 0.6) is 11.5 Å². The van der Waals surface area contributed by atoms with Crippen LogP contribution < -0.4 is 36.6 Å². The summed E-state index contributed by atoms with van der Waals surface area (Å²) in [7, 11) is 0. The molecule has 2 heterocycles. The molecule has 0 aliphatic carbocycles. The first-order chi connectivity index (χ1) is 26.5. The summed E-state index contributed by atoms with van der Waals surface area (Å²) in [5.74, 6) is -2.32. The molecular formula is C42H28N6O7. The van der Waals surface area contributed by atoms with Crippen LogP contribution >= 0.6 is 0 Å². The number of amides is 6. The van der Waals surface area contributed by atoms with Gasteiger partial charge in [-0.2, -0.15) is 0 Å². The monoisotopic (exact) mass is 728 g/mol. The highest BCUT2D eigenvalue weighted by atomic mass is 16.5. The average molecular weight is 729 g/mol. The van der Waals surface area contributed by atoms with Gasteiger partial charge in [0.05, 0.1) is 33.6 Å². The number of fused-ring (bicyclic) bond motifs is 2. The van der Waals surface area contributed by atoms with Crippen LogP contribution in [0, 0.1) is 0 Å². The van der Waals surface area contributed by atoms with Gasteiger partial charge in [0.2, 0.25) is 0 Å². The van der Waals surface area contributed by atoms with Crippen molar-refractivity contribution in [3.05, 3.63) is 167 Å². The number of nitrogens with zero attached hydrogens (tertiary/aromatic N) is 2. The van der Waals surface area contributed by atoms with Crippen molar-refractivity contribution in [2.45, 2.75) is 0 Å². The quantitative estimate of drug-likeness (QED) is 0.0969. The maximum Gasteiger partial charge on any atom is 0.266 e. The number of benzene rings is 6. The second-order valence-electron chi connectivity index (χ2n) is 12.7. The maximum atomic E-state index is 13.4. The molecule has 0 bridgehead atoms. The Kier molecular flexibility index (Phi) is 8.35. The van der Waals surface area contributed by atoms with Crippen LogP contribution in [-0.4, -0.2) is 35.4 Å². The lowest BCUT2D eigenvalue weighted by atomic mass is 10.1. The van der Waals surface area contributed by atoms with E-state index in [0.717, 1.165) is 9.80 Å². The number of nitrogens with one attached hydrogen (secondary N) is 2. The lowest BCUT2D eigenvalue weighted by Gasteiger charge is -2.16. The van der Waals surface area contributed by atoms with Gasteiger partial charge in [0.1, 0.15) is 11.5 Å².